The Kier molecular flexibility index (Phi) is 46.7. The van der Waals surface area contributed by atoms with Crippen LogP contribution in [0.15, 0.2) is 48.6 Å². The van der Waals surface area contributed by atoms with E-state index in [9.17, 15) is 35.1 Å². The smallest absolute Gasteiger partial charge is 0.305 e. The average Bonchev–Trinajstić information content (AvgIpc) is 3.37. The number of aliphatic hydroxyl groups excluding tert-OH is 5. The van der Waals surface area contributed by atoms with Crippen LogP contribution < -0.4 is 5.32 Å². The van der Waals surface area contributed by atoms with Crippen LogP contribution in [0.2, 0.25) is 0 Å². The summed E-state index contributed by atoms with van der Waals surface area (Å²) in [5.41, 5.74) is 0. The first-order chi connectivity index (χ1) is 34.7. The fourth-order valence-electron chi connectivity index (χ4n) is 9.06. The van der Waals surface area contributed by atoms with E-state index in [1.807, 2.05) is 19.1 Å². The summed E-state index contributed by atoms with van der Waals surface area (Å²) >= 11 is 0. The predicted molar refractivity (Wildman–Crippen MR) is 292 cm³/mol. The fraction of sp³-hybridized carbons (Fsp3) is 0.833. The second-order valence-corrected chi connectivity index (χ2v) is 20.3. The molecule has 6 N–H and O–H groups in total. The molecule has 1 aliphatic rings. The lowest BCUT2D eigenvalue weighted by molar-refractivity contribution is -0.302. The maximum Gasteiger partial charge on any atom is 0.305 e. The van der Waals surface area contributed by atoms with Crippen LogP contribution in [0.25, 0.3) is 0 Å². The molecule has 0 spiro atoms. The molecule has 1 heterocycles. The number of carbonyl (C=O) groups is 2. The predicted octanol–water partition coefficient (Wildman–Crippen LogP) is 13.3. The molecule has 7 atom stereocenters. The van der Waals surface area contributed by atoms with Crippen LogP contribution in [-0.4, -0.2) is 100 Å². The van der Waals surface area contributed by atoms with E-state index in [2.05, 4.69) is 42.6 Å². The van der Waals surface area contributed by atoms with E-state index in [4.69, 9.17) is 14.2 Å². The van der Waals surface area contributed by atoms with Crippen LogP contribution in [0, 0.1) is 0 Å². The van der Waals surface area contributed by atoms with Crippen molar-refractivity contribution in [1.29, 1.82) is 0 Å². The topological polar surface area (TPSA) is 175 Å². The molecule has 1 aliphatic heterocycles. The van der Waals surface area contributed by atoms with Gasteiger partial charge >= 0.3 is 5.97 Å². The van der Waals surface area contributed by atoms with Crippen LogP contribution in [0.5, 0.6) is 0 Å². The minimum absolute atomic E-state index is 0.0186. The molecule has 1 rings (SSSR count). The molecule has 1 fully saturated rings. The molecular weight excluding hydrogens is 895 g/mol. The van der Waals surface area contributed by atoms with Gasteiger partial charge in [-0.15, -0.1) is 0 Å². The number of allylic oxidation sites excluding steroid dienone is 7. The first kappa shape index (κ1) is 66.6. The number of ether oxygens (including phenoxy) is 3. The molecular formula is C60H109NO10. The van der Waals surface area contributed by atoms with Crippen molar-refractivity contribution >= 4 is 11.9 Å². The number of esters is 1. The van der Waals surface area contributed by atoms with Gasteiger partial charge in [0, 0.05) is 12.8 Å². The summed E-state index contributed by atoms with van der Waals surface area (Å²) in [7, 11) is 0. The monoisotopic (exact) mass is 1000 g/mol. The van der Waals surface area contributed by atoms with Gasteiger partial charge in [0.1, 0.15) is 24.4 Å². The minimum Gasteiger partial charge on any atom is -0.466 e. The minimum atomic E-state index is -1.59. The fourth-order valence-corrected chi connectivity index (χ4v) is 9.06. The van der Waals surface area contributed by atoms with Crippen molar-refractivity contribution in [1.82, 2.24) is 5.32 Å². The zero-order valence-corrected chi connectivity index (χ0v) is 45.4. The van der Waals surface area contributed by atoms with Crippen LogP contribution >= 0.6 is 0 Å². The SMILES string of the molecule is C/C=C/CC/C=C/CC/C=C/C(O)C(COC1OC(CO)C(O)C(O)C1O)NC(=O)CCCCCCC/C=C\CCCCCCCCCOC(=O)CCCCCCCCCCCCCCCCCCCC. The van der Waals surface area contributed by atoms with Crippen molar-refractivity contribution in [2.45, 2.75) is 301 Å². The third-order valence-corrected chi connectivity index (χ3v) is 13.7. The Labute approximate surface area is 434 Å². The van der Waals surface area contributed by atoms with E-state index in [1.54, 1.807) is 6.08 Å². The standard InChI is InChI=1S/C60H109NO10/c1-3-5-7-9-11-13-14-15-16-17-18-22-25-28-32-36-40-44-48-56(65)69-49-45-41-37-33-29-26-23-20-19-21-24-27-31-35-39-43-47-55(64)61-52(53(63)46-42-38-34-30-12-10-8-6-4-2)51-70-60-59(68)58(67)57(66)54(50-62)71-60/h4,6,12,19,21,30,42,46,52-54,57-60,62-63,66-68H,3,5,7-11,13-18,20,22-29,31-41,43-45,47-51H2,1-2H3,(H,61,64)/b6-4+,21-19-,30-12+,46-42+. The van der Waals surface area contributed by atoms with Gasteiger partial charge in [-0.2, -0.15) is 0 Å². The zero-order valence-electron chi connectivity index (χ0n) is 45.4. The van der Waals surface area contributed by atoms with Gasteiger partial charge < -0.3 is 45.1 Å². The highest BCUT2D eigenvalue weighted by Gasteiger charge is 2.44. The molecule has 11 heteroatoms. The molecule has 0 saturated carbocycles. The quantitative estimate of drug-likeness (QED) is 0.0195. The summed E-state index contributed by atoms with van der Waals surface area (Å²) in [5, 5.41) is 54.1. The number of hydrogen-bond donors (Lipinski definition) is 6. The summed E-state index contributed by atoms with van der Waals surface area (Å²) < 4.78 is 16.6. The number of rotatable bonds is 50. The van der Waals surface area contributed by atoms with Crippen molar-refractivity contribution in [3.05, 3.63) is 48.6 Å². The Balaban J connectivity index is 2.04. The second-order valence-electron chi connectivity index (χ2n) is 20.3. The van der Waals surface area contributed by atoms with Gasteiger partial charge in [-0.05, 0) is 77.6 Å². The molecule has 0 aliphatic carbocycles. The van der Waals surface area contributed by atoms with Crippen LogP contribution in [-0.2, 0) is 23.8 Å². The summed E-state index contributed by atoms with van der Waals surface area (Å²) in [4.78, 5) is 25.1. The molecule has 71 heavy (non-hydrogen) atoms. The Bertz CT molecular complexity index is 1320. The number of hydrogen-bond acceptors (Lipinski definition) is 10. The Morgan fingerprint density at radius 2 is 0.972 bits per heavy atom. The molecule has 11 nitrogen and oxygen atoms in total. The van der Waals surface area contributed by atoms with E-state index in [1.165, 1.54) is 135 Å². The molecule has 0 aromatic carbocycles. The van der Waals surface area contributed by atoms with E-state index >= 15 is 0 Å². The van der Waals surface area contributed by atoms with Gasteiger partial charge in [0.2, 0.25) is 5.91 Å². The van der Waals surface area contributed by atoms with Gasteiger partial charge in [-0.1, -0.05) is 216 Å². The number of aliphatic hydroxyl groups is 5. The van der Waals surface area contributed by atoms with E-state index < -0.39 is 49.5 Å². The van der Waals surface area contributed by atoms with Crippen LogP contribution in [0.4, 0.5) is 0 Å². The molecule has 7 unspecified atom stereocenters. The lowest BCUT2D eigenvalue weighted by Gasteiger charge is -2.40. The lowest BCUT2D eigenvalue weighted by atomic mass is 9.99. The van der Waals surface area contributed by atoms with Gasteiger partial charge in [0.15, 0.2) is 6.29 Å². The lowest BCUT2D eigenvalue weighted by Crippen LogP contribution is -2.60. The first-order valence-corrected chi connectivity index (χ1v) is 29.4. The van der Waals surface area contributed by atoms with Crippen LogP contribution in [0.1, 0.15) is 258 Å². The maximum absolute atomic E-state index is 13.0. The van der Waals surface area contributed by atoms with Crippen molar-refractivity contribution < 1.29 is 49.3 Å². The van der Waals surface area contributed by atoms with Crippen LogP contribution in [0.3, 0.4) is 0 Å². The van der Waals surface area contributed by atoms with E-state index in [0.717, 1.165) is 89.9 Å². The summed E-state index contributed by atoms with van der Waals surface area (Å²) in [6.45, 7) is 4.05. The third-order valence-electron chi connectivity index (χ3n) is 13.7. The largest absolute Gasteiger partial charge is 0.466 e. The molecule has 0 aromatic heterocycles. The van der Waals surface area contributed by atoms with Crippen molar-refractivity contribution in [3.8, 4) is 0 Å². The summed E-state index contributed by atoms with van der Waals surface area (Å²) in [6, 6.07) is -0.846. The zero-order chi connectivity index (χ0) is 51.7. The van der Waals surface area contributed by atoms with Gasteiger partial charge in [0.05, 0.1) is 32.0 Å². The average molecular weight is 1000 g/mol. The van der Waals surface area contributed by atoms with Crippen molar-refractivity contribution in [3.63, 3.8) is 0 Å². The second kappa shape index (κ2) is 49.8. The highest BCUT2D eigenvalue weighted by molar-refractivity contribution is 5.76. The normalized spacial score (nSPS) is 19.5. The van der Waals surface area contributed by atoms with E-state index in [-0.39, 0.29) is 18.5 Å². The highest BCUT2D eigenvalue weighted by Crippen LogP contribution is 2.23. The van der Waals surface area contributed by atoms with Gasteiger partial charge in [0.25, 0.3) is 0 Å². The van der Waals surface area contributed by atoms with Gasteiger partial charge in [-0.3, -0.25) is 9.59 Å². The Hall–Kier alpha value is -2.38. The number of unbranched alkanes of at least 4 members (excludes halogenated alkanes) is 31. The first-order valence-electron chi connectivity index (χ1n) is 29.4. The Morgan fingerprint density at radius 3 is 1.48 bits per heavy atom. The van der Waals surface area contributed by atoms with Crippen molar-refractivity contribution in [2.75, 3.05) is 19.8 Å². The summed E-state index contributed by atoms with van der Waals surface area (Å²) in [5.74, 6) is -0.236. The molecule has 414 valence electrons. The number of carbonyl (C=O) groups excluding carboxylic acids is 2. The summed E-state index contributed by atoms with van der Waals surface area (Å²) in [6.07, 6.45) is 52.4. The number of nitrogens with one attached hydrogen (secondary N) is 1. The maximum atomic E-state index is 13.0. The molecule has 0 aromatic rings. The highest BCUT2D eigenvalue weighted by atomic mass is 16.7. The van der Waals surface area contributed by atoms with E-state index in [0.29, 0.717) is 25.9 Å². The number of amides is 1. The molecule has 1 amide bonds. The molecule has 1 saturated heterocycles. The Morgan fingerprint density at radius 1 is 0.535 bits per heavy atom. The molecule has 0 bridgehead atoms. The molecule has 0 radical (unpaired) electrons. The van der Waals surface area contributed by atoms with Crippen molar-refractivity contribution in [2.24, 2.45) is 0 Å². The third kappa shape index (κ3) is 39.7. The van der Waals surface area contributed by atoms with Gasteiger partial charge in [-0.25, -0.2) is 0 Å².